The first-order valence-corrected chi connectivity index (χ1v) is 11.0. The number of amides is 1. The Morgan fingerprint density at radius 2 is 1.61 bits per heavy atom. The van der Waals surface area contributed by atoms with Crippen LogP contribution >= 0.6 is 22.5 Å². The fraction of sp³-hybridized carbons (Fsp3) is 0.273. The van der Waals surface area contributed by atoms with Gasteiger partial charge in [0.15, 0.2) is 4.32 Å². The molecule has 6 heteroatoms. The number of rotatable bonds is 4. The maximum Gasteiger partial charge on any atom is 0.282 e. The number of benzene rings is 2. The molecular formula is C22H26N2O2S2. The van der Waals surface area contributed by atoms with E-state index in [0.29, 0.717) is 15.0 Å². The Morgan fingerprint density at radius 3 is 2.07 bits per heavy atom. The summed E-state index contributed by atoms with van der Waals surface area (Å²) in [5, 5.41) is 3.16. The van der Waals surface area contributed by atoms with Crippen LogP contribution in [0.2, 0.25) is 0 Å². The summed E-state index contributed by atoms with van der Waals surface area (Å²) in [6.07, 6.45) is 0. The maximum atomic E-state index is 13.0. The van der Waals surface area contributed by atoms with Gasteiger partial charge in [-0.15, -0.1) is 0 Å². The molecule has 0 radical (unpaired) electrons. The molecule has 0 saturated carbocycles. The molecule has 1 amide bonds. The molecule has 0 bridgehead atoms. The van der Waals surface area contributed by atoms with Crippen molar-refractivity contribution < 1.29 is 8.98 Å². The minimum atomic E-state index is -2.37. The molecular weight excluding hydrogens is 388 g/mol. The monoisotopic (exact) mass is 414 g/mol. The van der Waals surface area contributed by atoms with Crippen LogP contribution in [0.1, 0.15) is 26.3 Å². The molecule has 1 unspecified atom stereocenters. The molecule has 4 nitrogen and oxygen atoms in total. The number of hydrogen-bond donors (Lipinski definition) is 0. The molecule has 148 valence electrons. The van der Waals surface area contributed by atoms with Gasteiger partial charge in [0.2, 0.25) is 0 Å². The lowest BCUT2D eigenvalue weighted by atomic mass is 9.87. The van der Waals surface area contributed by atoms with Gasteiger partial charge in [-0.2, -0.15) is 0 Å². The molecule has 1 saturated heterocycles. The third-order valence-electron chi connectivity index (χ3n) is 4.61. The molecule has 1 fully saturated rings. The zero-order valence-corrected chi connectivity index (χ0v) is 18.6. The Labute approximate surface area is 174 Å². The predicted octanol–water partition coefficient (Wildman–Crippen LogP) is 5.26. The highest BCUT2D eigenvalue weighted by molar-refractivity contribution is 8.50. The van der Waals surface area contributed by atoms with Gasteiger partial charge >= 0.3 is 0 Å². The zero-order valence-electron chi connectivity index (χ0n) is 16.9. The van der Waals surface area contributed by atoms with E-state index in [0.717, 1.165) is 4.90 Å². The summed E-state index contributed by atoms with van der Waals surface area (Å²) in [7, 11) is 1.21. The van der Waals surface area contributed by atoms with Crippen molar-refractivity contribution in [3.63, 3.8) is 0 Å². The Morgan fingerprint density at radius 1 is 1.04 bits per heavy atom. The van der Waals surface area contributed by atoms with Gasteiger partial charge in [-0.1, -0.05) is 57.7 Å². The number of thiocarbonyl (C=S) groups is 1. The summed E-state index contributed by atoms with van der Waals surface area (Å²) in [6, 6.07) is 17.7. The molecule has 0 N–H and O–H groups in total. The Kier molecular flexibility index (Phi) is 5.40. The summed E-state index contributed by atoms with van der Waals surface area (Å²) in [5.74, 6) is 0.448. The molecule has 1 heterocycles. The standard InChI is InChI=1S/C22H26N2O2S2/c1-16-20(25)24(23(5)6)21(27)28(16,19-10-8-7-9-11-19)26-18-14-12-17(13-15-18)22(2,3)4/h7-15H,1H2,2-6H3. The second-order valence-corrected chi connectivity index (χ2v) is 11.2. The van der Waals surface area contributed by atoms with E-state index in [9.17, 15) is 4.79 Å². The first kappa shape index (κ1) is 20.6. The average molecular weight is 415 g/mol. The average Bonchev–Trinajstić information content (AvgIpc) is 2.83. The number of nitrogens with zero attached hydrogens (tertiary/aromatic N) is 2. The highest BCUT2D eigenvalue weighted by Gasteiger charge is 2.52. The van der Waals surface area contributed by atoms with Crippen molar-refractivity contribution in [1.82, 2.24) is 10.0 Å². The SMILES string of the molecule is C=C1C(=O)N(N(C)C)C(=S)S1(Oc1ccc(C(C)(C)C)cc1)c1ccccc1. The summed E-state index contributed by atoms with van der Waals surface area (Å²) >= 11 is 5.79. The fourth-order valence-electron chi connectivity index (χ4n) is 3.04. The van der Waals surface area contributed by atoms with Crippen molar-refractivity contribution in [2.24, 2.45) is 0 Å². The quantitative estimate of drug-likeness (QED) is 0.505. The van der Waals surface area contributed by atoms with Gasteiger partial charge in [0.25, 0.3) is 5.91 Å². The highest BCUT2D eigenvalue weighted by atomic mass is 32.3. The smallest absolute Gasteiger partial charge is 0.282 e. The molecule has 0 spiro atoms. The normalized spacial score (nSPS) is 22.5. The first-order chi connectivity index (χ1) is 13.1. The molecule has 1 aliphatic rings. The van der Waals surface area contributed by atoms with Crippen LogP contribution in [0, 0.1) is 0 Å². The third kappa shape index (κ3) is 3.36. The fourth-order valence-corrected chi connectivity index (χ4v) is 6.71. The number of hydrazine groups is 1. The first-order valence-electron chi connectivity index (χ1n) is 9.02. The van der Waals surface area contributed by atoms with E-state index < -0.39 is 10.3 Å². The van der Waals surface area contributed by atoms with E-state index in [4.69, 9.17) is 16.4 Å². The third-order valence-corrected chi connectivity index (χ3v) is 8.40. The summed E-state index contributed by atoms with van der Waals surface area (Å²) in [4.78, 5) is 14.2. The van der Waals surface area contributed by atoms with Crippen LogP contribution in [0.15, 0.2) is 71.0 Å². The number of carbonyl (C=O) groups excluding carboxylic acids is 1. The van der Waals surface area contributed by atoms with Crippen molar-refractivity contribution in [2.45, 2.75) is 31.1 Å². The van der Waals surface area contributed by atoms with Crippen LogP contribution in [0.4, 0.5) is 0 Å². The molecule has 2 aromatic rings. The largest absolute Gasteiger partial charge is 0.434 e. The molecule has 0 aromatic heterocycles. The van der Waals surface area contributed by atoms with Crippen LogP contribution in [-0.4, -0.2) is 34.3 Å². The summed E-state index contributed by atoms with van der Waals surface area (Å²) < 4.78 is 6.99. The van der Waals surface area contributed by atoms with E-state index in [1.54, 1.807) is 19.1 Å². The molecule has 3 rings (SSSR count). The van der Waals surface area contributed by atoms with Gasteiger partial charge < -0.3 is 4.18 Å². The second-order valence-electron chi connectivity index (χ2n) is 7.88. The van der Waals surface area contributed by atoms with Crippen LogP contribution in [0.5, 0.6) is 5.75 Å². The highest BCUT2D eigenvalue weighted by Crippen LogP contribution is 2.67. The van der Waals surface area contributed by atoms with Crippen molar-refractivity contribution in [3.05, 3.63) is 71.6 Å². The van der Waals surface area contributed by atoms with Gasteiger partial charge in [-0.05, 0) is 47.5 Å². The van der Waals surface area contributed by atoms with Gasteiger partial charge in [-0.25, -0.2) is 10.0 Å². The summed E-state index contributed by atoms with van der Waals surface area (Å²) in [6.45, 7) is 10.6. The van der Waals surface area contributed by atoms with E-state index in [1.165, 1.54) is 10.6 Å². The van der Waals surface area contributed by atoms with Crippen LogP contribution < -0.4 is 4.18 Å². The van der Waals surface area contributed by atoms with Crippen molar-refractivity contribution in [1.29, 1.82) is 0 Å². The Balaban J connectivity index is 2.11. The van der Waals surface area contributed by atoms with Crippen LogP contribution in [-0.2, 0) is 10.2 Å². The molecule has 1 aliphatic heterocycles. The van der Waals surface area contributed by atoms with E-state index >= 15 is 0 Å². The van der Waals surface area contributed by atoms with Gasteiger partial charge in [-0.3, -0.25) is 4.79 Å². The maximum absolute atomic E-state index is 13.0. The molecule has 2 aromatic carbocycles. The molecule has 28 heavy (non-hydrogen) atoms. The number of carbonyl (C=O) groups is 1. The Bertz CT molecular complexity index is 918. The minimum Gasteiger partial charge on any atom is -0.434 e. The Hall–Kier alpha value is -2.15. The lowest BCUT2D eigenvalue weighted by Gasteiger charge is -2.36. The predicted molar refractivity (Wildman–Crippen MR) is 120 cm³/mol. The van der Waals surface area contributed by atoms with Gasteiger partial charge in [0.1, 0.15) is 5.75 Å². The molecule has 0 aliphatic carbocycles. The van der Waals surface area contributed by atoms with Gasteiger partial charge in [0, 0.05) is 29.3 Å². The van der Waals surface area contributed by atoms with Crippen molar-refractivity contribution >= 4 is 32.8 Å². The van der Waals surface area contributed by atoms with Crippen LogP contribution in [0.3, 0.4) is 0 Å². The second kappa shape index (κ2) is 7.35. The lowest BCUT2D eigenvalue weighted by Crippen LogP contribution is -2.41. The minimum absolute atomic E-state index is 0.0481. The number of hydrogen-bond acceptors (Lipinski definition) is 4. The molecule has 1 atom stereocenters. The van der Waals surface area contributed by atoms with E-state index in [1.807, 2.05) is 42.5 Å². The summed E-state index contributed by atoms with van der Waals surface area (Å²) in [5.41, 5.74) is 1.26. The topological polar surface area (TPSA) is 32.8 Å². The van der Waals surface area contributed by atoms with E-state index in [2.05, 4.69) is 39.5 Å². The zero-order chi connectivity index (χ0) is 20.7. The van der Waals surface area contributed by atoms with Crippen LogP contribution in [0.25, 0.3) is 0 Å². The van der Waals surface area contributed by atoms with E-state index in [-0.39, 0.29) is 11.3 Å². The lowest BCUT2D eigenvalue weighted by molar-refractivity contribution is -0.130. The van der Waals surface area contributed by atoms with Crippen molar-refractivity contribution in [3.8, 4) is 5.75 Å². The van der Waals surface area contributed by atoms with Gasteiger partial charge in [0.05, 0.1) is 4.91 Å². The van der Waals surface area contributed by atoms with Crippen molar-refractivity contribution in [2.75, 3.05) is 14.1 Å².